The highest BCUT2D eigenvalue weighted by atomic mass is 35.5. The van der Waals surface area contributed by atoms with Crippen LogP contribution in [0.25, 0.3) is 11.2 Å². The summed E-state index contributed by atoms with van der Waals surface area (Å²) in [6.07, 6.45) is 0. The molecule has 1 saturated heterocycles. The number of anilines is 1. The summed E-state index contributed by atoms with van der Waals surface area (Å²) in [5.74, 6) is 6.59. The topological polar surface area (TPSA) is 77.1 Å². The second-order valence-corrected chi connectivity index (χ2v) is 7.63. The fourth-order valence-electron chi connectivity index (χ4n) is 3.72. The minimum atomic E-state index is -0.412. The van der Waals surface area contributed by atoms with Gasteiger partial charge in [-0.25, -0.2) is 4.79 Å². The average molecular weight is 427 g/mol. The Balaban J connectivity index is 1.97. The van der Waals surface area contributed by atoms with Crippen LogP contribution >= 0.6 is 11.6 Å². The van der Waals surface area contributed by atoms with Crippen molar-refractivity contribution in [3.05, 3.63) is 55.7 Å². The molecule has 9 heteroatoms. The third kappa shape index (κ3) is 3.62. The van der Waals surface area contributed by atoms with Gasteiger partial charge in [0.05, 0.1) is 13.1 Å². The van der Waals surface area contributed by atoms with E-state index in [-0.39, 0.29) is 12.1 Å². The number of nitrogens with one attached hydrogen (secondary N) is 1. The maximum absolute atomic E-state index is 13.1. The van der Waals surface area contributed by atoms with E-state index in [1.807, 2.05) is 22.8 Å². The van der Waals surface area contributed by atoms with Crippen LogP contribution in [0, 0.1) is 11.8 Å². The van der Waals surface area contributed by atoms with Crippen molar-refractivity contribution in [2.75, 3.05) is 31.1 Å². The monoisotopic (exact) mass is 426 g/mol. The second kappa shape index (κ2) is 8.38. The van der Waals surface area contributed by atoms with Crippen molar-refractivity contribution in [2.45, 2.75) is 20.0 Å². The SMILES string of the molecule is CC#CCn1c(N2CCNCC2)nc2c1c(=O)n(C)c(=O)n2Cc1cccc(Cl)c1. The van der Waals surface area contributed by atoms with Gasteiger partial charge in [-0.15, -0.1) is 5.92 Å². The molecule has 2 aromatic heterocycles. The first-order valence-corrected chi connectivity index (χ1v) is 10.2. The van der Waals surface area contributed by atoms with Crippen LogP contribution in [0.1, 0.15) is 12.5 Å². The van der Waals surface area contributed by atoms with Crippen molar-refractivity contribution < 1.29 is 0 Å². The highest BCUT2D eigenvalue weighted by Gasteiger charge is 2.24. The molecule has 4 rings (SSSR count). The molecular formula is C21H23ClN6O2. The standard InChI is InChI=1S/C21H23ClN6O2/c1-3-4-10-27-17-18(24-20(27)26-11-8-23-9-12-26)28(21(30)25(2)19(17)29)14-15-6-5-7-16(22)13-15/h5-7,13,23H,8-12,14H2,1-2H3. The van der Waals surface area contributed by atoms with Crippen molar-refractivity contribution in [2.24, 2.45) is 7.05 Å². The Hall–Kier alpha value is -3.02. The normalized spacial score (nSPS) is 14.0. The van der Waals surface area contributed by atoms with Crippen molar-refractivity contribution >= 4 is 28.7 Å². The third-order valence-electron chi connectivity index (χ3n) is 5.25. The van der Waals surface area contributed by atoms with Crippen LogP contribution in [0.3, 0.4) is 0 Å². The minimum Gasteiger partial charge on any atom is -0.340 e. The van der Waals surface area contributed by atoms with Gasteiger partial charge in [-0.1, -0.05) is 29.7 Å². The summed E-state index contributed by atoms with van der Waals surface area (Å²) < 4.78 is 4.49. The molecule has 0 bridgehead atoms. The molecule has 0 saturated carbocycles. The zero-order valence-electron chi connectivity index (χ0n) is 17.0. The number of piperazine rings is 1. The molecule has 30 heavy (non-hydrogen) atoms. The Bertz CT molecular complexity index is 1270. The lowest BCUT2D eigenvalue weighted by Gasteiger charge is -2.28. The van der Waals surface area contributed by atoms with Gasteiger partial charge in [-0.3, -0.25) is 18.5 Å². The largest absolute Gasteiger partial charge is 0.340 e. The number of benzene rings is 1. The van der Waals surface area contributed by atoms with Gasteiger partial charge >= 0.3 is 5.69 Å². The zero-order chi connectivity index (χ0) is 21.3. The molecule has 1 aliphatic rings. The van der Waals surface area contributed by atoms with Crippen LogP contribution in [0.4, 0.5) is 5.95 Å². The van der Waals surface area contributed by atoms with Crippen LogP contribution in [0.15, 0.2) is 33.9 Å². The molecule has 0 spiro atoms. The number of hydrogen-bond donors (Lipinski definition) is 1. The molecule has 3 heterocycles. The van der Waals surface area contributed by atoms with Crippen LogP contribution in [0.5, 0.6) is 0 Å². The molecule has 8 nitrogen and oxygen atoms in total. The smallest absolute Gasteiger partial charge is 0.332 e. The summed E-state index contributed by atoms with van der Waals surface area (Å²) >= 11 is 6.12. The van der Waals surface area contributed by atoms with Crippen LogP contribution in [-0.4, -0.2) is 44.9 Å². The number of halogens is 1. The lowest BCUT2D eigenvalue weighted by molar-refractivity contribution is 0.572. The van der Waals surface area contributed by atoms with Crippen molar-refractivity contribution in [3.63, 3.8) is 0 Å². The molecule has 1 N–H and O–H groups in total. The van der Waals surface area contributed by atoms with Gasteiger partial charge in [-0.2, -0.15) is 4.98 Å². The van der Waals surface area contributed by atoms with Gasteiger partial charge in [0, 0.05) is 38.2 Å². The first-order valence-electron chi connectivity index (χ1n) is 9.81. The lowest BCUT2D eigenvalue weighted by Crippen LogP contribution is -2.44. The van der Waals surface area contributed by atoms with Crippen LogP contribution in [-0.2, 0) is 20.1 Å². The maximum Gasteiger partial charge on any atom is 0.332 e. The fraction of sp³-hybridized carbons (Fsp3) is 0.381. The van der Waals surface area contributed by atoms with Gasteiger partial charge in [0.2, 0.25) is 5.95 Å². The molecule has 1 fully saturated rings. The number of aromatic nitrogens is 4. The highest BCUT2D eigenvalue weighted by Crippen LogP contribution is 2.21. The average Bonchev–Trinajstić information content (AvgIpc) is 3.14. The molecule has 0 radical (unpaired) electrons. The van der Waals surface area contributed by atoms with Gasteiger partial charge in [0.25, 0.3) is 5.56 Å². The van der Waals surface area contributed by atoms with E-state index in [1.165, 1.54) is 11.6 Å². The van der Waals surface area contributed by atoms with E-state index in [0.717, 1.165) is 36.3 Å². The van der Waals surface area contributed by atoms with E-state index in [2.05, 4.69) is 22.1 Å². The Morgan fingerprint density at radius 2 is 1.97 bits per heavy atom. The summed E-state index contributed by atoms with van der Waals surface area (Å²) in [6.45, 7) is 5.55. The molecule has 156 valence electrons. The number of nitrogens with zero attached hydrogens (tertiary/aromatic N) is 5. The van der Waals surface area contributed by atoms with Gasteiger partial charge in [0.1, 0.15) is 0 Å². The number of fused-ring (bicyclic) bond motifs is 1. The Kier molecular flexibility index (Phi) is 5.66. The first-order chi connectivity index (χ1) is 14.5. The van der Waals surface area contributed by atoms with Gasteiger partial charge in [0.15, 0.2) is 11.2 Å². The molecule has 0 aliphatic carbocycles. The van der Waals surface area contributed by atoms with E-state index in [0.29, 0.717) is 28.7 Å². The van der Waals surface area contributed by atoms with E-state index in [9.17, 15) is 9.59 Å². The summed E-state index contributed by atoms with van der Waals surface area (Å²) in [4.78, 5) is 33.0. The summed E-state index contributed by atoms with van der Waals surface area (Å²) in [7, 11) is 1.49. The van der Waals surface area contributed by atoms with E-state index in [1.54, 1.807) is 13.0 Å². The van der Waals surface area contributed by atoms with Crippen LogP contribution < -0.4 is 21.5 Å². The quantitative estimate of drug-likeness (QED) is 0.630. The maximum atomic E-state index is 13.1. The summed E-state index contributed by atoms with van der Waals surface area (Å²) in [5.41, 5.74) is 0.829. The molecule has 1 aliphatic heterocycles. The van der Waals surface area contributed by atoms with Gasteiger partial charge < -0.3 is 10.2 Å². The van der Waals surface area contributed by atoms with Crippen molar-refractivity contribution in [3.8, 4) is 11.8 Å². The lowest BCUT2D eigenvalue weighted by atomic mass is 10.2. The Morgan fingerprint density at radius 1 is 1.20 bits per heavy atom. The van der Waals surface area contributed by atoms with Gasteiger partial charge in [-0.05, 0) is 24.6 Å². The van der Waals surface area contributed by atoms with Crippen molar-refractivity contribution in [1.82, 2.24) is 24.0 Å². The minimum absolute atomic E-state index is 0.265. The Morgan fingerprint density at radius 3 is 2.67 bits per heavy atom. The molecular weight excluding hydrogens is 404 g/mol. The predicted octanol–water partition coefficient (Wildman–Crippen LogP) is 1.03. The summed E-state index contributed by atoms with van der Waals surface area (Å²) in [5, 5.41) is 3.91. The Labute approximate surface area is 178 Å². The zero-order valence-corrected chi connectivity index (χ0v) is 17.7. The first kappa shape index (κ1) is 20.3. The summed E-state index contributed by atoms with van der Waals surface area (Å²) in [6, 6.07) is 7.32. The molecule has 0 atom stereocenters. The van der Waals surface area contributed by atoms with E-state index in [4.69, 9.17) is 16.6 Å². The van der Waals surface area contributed by atoms with Crippen molar-refractivity contribution in [1.29, 1.82) is 0 Å². The molecule has 3 aromatic rings. The van der Waals surface area contributed by atoms with E-state index < -0.39 is 5.69 Å². The van der Waals surface area contributed by atoms with Crippen LogP contribution in [0.2, 0.25) is 5.02 Å². The van der Waals surface area contributed by atoms with E-state index >= 15 is 0 Å². The fourth-order valence-corrected chi connectivity index (χ4v) is 3.93. The molecule has 1 aromatic carbocycles. The number of hydrogen-bond acceptors (Lipinski definition) is 5. The predicted molar refractivity (Wildman–Crippen MR) is 118 cm³/mol. The number of imidazole rings is 1. The second-order valence-electron chi connectivity index (χ2n) is 7.20. The third-order valence-corrected chi connectivity index (χ3v) is 5.49. The number of rotatable bonds is 4. The molecule has 0 unspecified atom stereocenters. The highest BCUT2D eigenvalue weighted by molar-refractivity contribution is 6.30. The molecule has 0 amide bonds.